The molecule has 154 valence electrons. The molecule has 0 unspecified atom stereocenters. The largest absolute Gasteiger partial charge is 0.279 e. The summed E-state index contributed by atoms with van der Waals surface area (Å²) in [6.45, 7) is 2.10. The summed E-state index contributed by atoms with van der Waals surface area (Å²) in [7, 11) is 0. The fraction of sp³-hybridized carbons (Fsp3) is 0.0400. The molecule has 0 atom stereocenters. The second-order valence-corrected chi connectivity index (χ2v) is 7.29. The highest BCUT2D eigenvalue weighted by Crippen LogP contribution is 2.30. The fourth-order valence-corrected chi connectivity index (χ4v) is 3.80. The van der Waals surface area contributed by atoms with Gasteiger partial charge in [-0.15, -0.1) is 0 Å². The molecule has 0 saturated heterocycles. The molecule has 6 aromatic rings. The second kappa shape index (κ2) is 7.96. The zero-order chi connectivity index (χ0) is 22.1. The molecule has 0 aliphatic rings. The second-order valence-electron chi connectivity index (χ2n) is 7.29. The monoisotopic (exact) mass is 419 g/mol. The molecule has 0 N–H and O–H groups in total. The van der Waals surface area contributed by atoms with Gasteiger partial charge in [0.25, 0.3) is 5.69 Å². The van der Waals surface area contributed by atoms with Crippen LogP contribution >= 0.6 is 0 Å². The van der Waals surface area contributed by atoms with Gasteiger partial charge in [-0.2, -0.15) is 0 Å². The number of non-ortho nitro benzene ring substituents is 1. The lowest BCUT2D eigenvalue weighted by atomic mass is 10.1. The maximum atomic E-state index is 11.0. The minimum absolute atomic E-state index is 0.0635. The number of hydrogen-bond acceptors (Lipinski definition) is 6. The number of pyridine rings is 4. The molecule has 0 amide bonds. The summed E-state index contributed by atoms with van der Waals surface area (Å²) in [6.07, 6.45) is 6.92. The van der Waals surface area contributed by atoms with Crippen LogP contribution in [0, 0.1) is 17.0 Å². The highest BCUT2D eigenvalue weighted by Gasteiger charge is 2.15. The molecule has 7 nitrogen and oxygen atoms in total. The average Bonchev–Trinajstić information content (AvgIpc) is 2.84. The van der Waals surface area contributed by atoms with Gasteiger partial charge in [-0.05, 0) is 42.8 Å². The first-order valence-corrected chi connectivity index (χ1v) is 9.99. The summed E-state index contributed by atoms with van der Waals surface area (Å²) in [6, 6.07) is 18.7. The Kier molecular flexibility index (Phi) is 4.84. The maximum absolute atomic E-state index is 11.0. The molecule has 0 spiro atoms. The lowest BCUT2D eigenvalue weighted by Crippen LogP contribution is -1.92. The van der Waals surface area contributed by atoms with E-state index in [1.54, 1.807) is 36.7 Å². The lowest BCUT2D eigenvalue weighted by Gasteiger charge is -2.03. The molecule has 0 saturated carbocycles. The Bertz CT molecular complexity index is 1630. The number of hydrogen-bond donors (Lipinski definition) is 0. The number of nitrogens with zero attached hydrogens (tertiary/aromatic N) is 5. The van der Waals surface area contributed by atoms with Crippen molar-refractivity contribution in [2.24, 2.45) is 0 Å². The van der Waals surface area contributed by atoms with Crippen LogP contribution in [0.2, 0.25) is 0 Å². The summed E-state index contributed by atoms with van der Waals surface area (Å²) in [5, 5.41) is 14.6. The van der Waals surface area contributed by atoms with Crippen LogP contribution in [-0.2, 0) is 0 Å². The van der Waals surface area contributed by atoms with E-state index in [9.17, 15) is 10.1 Å². The van der Waals surface area contributed by atoms with Crippen LogP contribution in [0.1, 0.15) is 5.56 Å². The zero-order valence-electron chi connectivity index (χ0n) is 17.1. The quantitative estimate of drug-likeness (QED) is 0.190. The van der Waals surface area contributed by atoms with E-state index in [1.807, 2.05) is 24.5 Å². The van der Waals surface area contributed by atoms with E-state index >= 15 is 0 Å². The Balaban J connectivity index is 0.000000136. The van der Waals surface area contributed by atoms with Crippen LogP contribution in [0.5, 0.6) is 0 Å². The summed E-state index contributed by atoms with van der Waals surface area (Å²) in [5.74, 6) is 0. The van der Waals surface area contributed by atoms with Gasteiger partial charge < -0.3 is 0 Å². The average molecular weight is 419 g/mol. The molecule has 2 aromatic carbocycles. The fourth-order valence-electron chi connectivity index (χ4n) is 3.80. The van der Waals surface area contributed by atoms with Crippen LogP contribution in [0.15, 0.2) is 85.5 Å². The van der Waals surface area contributed by atoms with Crippen LogP contribution < -0.4 is 0 Å². The van der Waals surface area contributed by atoms with Crippen LogP contribution in [-0.4, -0.2) is 24.9 Å². The normalized spacial score (nSPS) is 10.9. The Morgan fingerprint density at radius 1 is 0.656 bits per heavy atom. The number of fused-ring (bicyclic) bond motifs is 6. The van der Waals surface area contributed by atoms with E-state index < -0.39 is 4.92 Å². The van der Waals surface area contributed by atoms with E-state index in [4.69, 9.17) is 0 Å². The van der Waals surface area contributed by atoms with Gasteiger partial charge in [0.1, 0.15) is 5.52 Å². The highest BCUT2D eigenvalue weighted by atomic mass is 16.6. The smallest absolute Gasteiger partial charge is 0.258 e. The number of rotatable bonds is 1. The van der Waals surface area contributed by atoms with Crippen LogP contribution in [0.4, 0.5) is 5.69 Å². The molecular weight excluding hydrogens is 402 g/mol. The van der Waals surface area contributed by atoms with E-state index in [1.165, 1.54) is 17.0 Å². The predicted octanol–water partition coefficient (Wildman–Crippen LogP) is 5.78. The molecule has 4 aromatic heterocycles. The molecule has 0 radical (unpaired) electrons. The van der Waals surface area contributed by atoms with Crippen molar-refractivity contribution in [3.63, 3.8) is 0 Å². The molecule has 32 heavy (non-hydrogen) atoms. The lowest BCUT2D eigenvalue weighted by molar-refractivity contribution is -0.382. The molecule has 4 heterocycles. The first kappa shape index (κ1) is 19.4. The first-order valence-electron chi connectivity index (χ1n) is 9.99. The van der Waals surface area contributed by atoms with Gasteiger partial charge in [0.05, 0.1) is 26.9 Å². The van der Waals surface area contributed by atoms with Crippen molar-refractivity contribution in [1.82, 2.24) is 19.9 Å². The molecular formula is C25H17N5O2. The molecule has 7 heteroatoms. The van der Waals surface area contributed by atoms with E-state index in [2.05, 4.69) is 45.1 Å². The Morgan fingerprint density at radius 3 is 2.00 bits per heavy atom. The van der Waals surface area contributed by atoms with Crippen molar-refractivity contribution in [2.75, 3.05) is 0 Å². The van der Waals surface area contributed by atoms with E-state index in [-0.39, 0.29) is 5.69 Å². The van der Waals surface area contributed by atoms with E-state index in [0.29, 0.717) is 16.4 Å². The van der Waals surface area contributed by atoms with Gasteiger partial charge in [-0.3, -0.25) is 30.1 Å². The molecule has 0 aliphatic carbocycles. The van der Waals surface area contributed by atoms with Crippen molar-refractivity contribution in [1.29, 1.82) is 0 Å². The summed E-state index contributed by atoms with van der Waals surface area (Å²) in [5.41, 5.74) is 4.54. The maximum Gasteiger partial charge on any atom is 0.279 e. The van der Waals surface area contributed by atoms with Crippen molar-refractivity contribution in [3.05, 3.63) is 101 Å². The van der Waals surface area contributed by atoms with Crippen molar-refractivity contribution >= 4 is 49.3 Å². The van der Waals surface area contributed by atoms with Gasteiger partial charge in [-0.1, -0.05) is 24.3 Å². The number of nitro groups is 1. The Hall–Kier alpha value is -4.52. The molecule has 6 rings (SSSR count). The summed E-state index contributed by atoms with van der Waals surface area (Å²) in [4.78, 5) is 27.8. The molecule has 0 aliphatic heterocycles. The number of nitro benzene ring substituents is 1. The van der Waals surface area contributed by atoms with Gasteiger partial charge in [0.15, 0.2) is 0 Å². The number of benzene rings is 2. The van der Waals surface area contributed by atoms with Gasteiger partial charge in [0.2, 0.25) is 0 Å². The molecule has 0 bridgehead atoms. The molecule has 0 fully saturated rings. The van der Waals surface area contributed by atoms with Crippen LogP contribution in [0.3, 0.4) is 0 Å². The summed E-state index contributed by atoms with van der Waals surface area (Å²) < 4.78 is 0. The SMILES string of the molecule is Cc1ccnc2c1ccc1cccnc12.O=[N+]([O-])c1cc2cccnc2c2ncccc12. The highest BCUT2D eigenvalue weighted by molar-refractivity contribution is 6.07. The zero-order valence-corrected chi connectivity index (χ0v) is 17.1. The van der Waals surface area contributed by atoms with E-state index in [0.717, 1.165) is 21.8 Å². The predicted molar refractivity (Wildman–Crippen MR) is 125 cm³/mol. The minimum Gasteiger partial charge on any atom is -0.258 e. The van der Waals surface area contributed by atoms with Crippen LogP contribution in [0.25, 0.3) is 43.6 Å². The number of aromatic nitrogens is 4. The Morgan fingerprint density at radius 2 is 1.25 bits per heavy atom. The summed E-state index contributed by atoms with van der Waals surface area (Å²) >= 11 is 0. The van der Waals surface area contributed by atoms with Crippen molar-refractivity contribution in [2.45, 2.75) is 6.92 Å². The standard InChI is InChI=1S/C13H10N2.C12H7N3O2/c1-9-6-8-15-13-11(9)5-4-10-3-2-7-14-12(10)13;16-15(17)10-7-8-3-1-5-13-11(8)12-9(10)4-2-6-14-12/h2-8H,1H3;1-7H. The Labute approximate surface area is 182 Å². The van der Waals surface area contributed by atoms with Crippen molar-refractivity contribution in [3.8, 4) is 0 Å². The van der Waals surface area contributed by atoms with Gasteiger partial charge in [0, 0.05) is 47.0 Å². The minimum atomic E-state index is -0.392. The third kappa shape index (κ3) is 3.35. The van der Waals surface area contributed by atoms with Gasteiger partial charge in [-0.25, -0.2) is 0 Å². The topological polar surface area (TPSA) is 94.7 Å². The third-order valence-electron chi connectivity index (χ3n) is 5.34. The number of aryl methyl sites for hydroxylation is 1. The third-order valence-corrected chi connectivity index (χ3v) is 5.34. The first-order chi connectivity index (χ1) is 15.6. The van der Waals surface area contributed by atoms with Gasteiger partial charge >= 0.3 is 0 Å². The van der Waals surface area contributed by atoms with Crippen molar-refractivity contribution < 1.29 is 4.92 Å².